The Labute approximate surface area is 146 Å². The summed E-state index contributed by atoms with van der Waals surface area (Å²) in [6.07, 6.45) is -4.45. The van der Waals surface area contributed by atoms with Crippen molar-refractivity contribution in [1.29, 1.82) is 0 Å². The molecule has 0 aliphatic carbocycles. The van der Waals surface area contributed by atoms with Crippen LogP contribution in [0.4, 0.5) is 13.2 Å². The summed E-state index contributed by atoms with van der Waals surface area (Å²) in [6, 6.07) is 13.2. The molecule has 4 nitrogen and oxygen atoms in total. The van der Waals surface area contributed by atoms with E-state index in [1.807, 2.05) is 6.07 Å². The number of carbonyl (C=O) groups is 2. The monoisotopic (exact) mass is 356 g/mol. The molecular formula is C19H11F3N2O2. The van der Waals surface area contributed by atoms with E-state index >= 15 is 0 Å². The first-order chi connectivity index (χ1) is 12.4. The van der Waals surface area contributed by atoms with Gasteiger partial charge in [-0.3, -0.25) is 9.59 Å². The topological polar surface area (TPSA) is 58.2 Å². The van der Waals surface area contributed by atoms with Gasteiger partial charge in [0.1, 0.15) is 0 Å². The number of fused-ring (bicyclic) bond motifs is 1. The van der Waals surface area contributed by atoms with Gasteiger partial charge < -0.3 is 10.6 Å². The van der Waals surface area contributed by atoms with Gasteiger partial charge >= 0.3 is 6.18 Å². The van der Waals surface area contributed by atoms with Gasteiger partial charge in [0.05, 0.1) is 28.1 Å². The normalized spacial score (nSPS) is 16.7. The van der Waals surface area contributed by atoms with E-state index in [2.05, 4.69) is 10.6 Å². The Balaban J connectivity index is 1.82. The molecule has 130 valence electrons. The number of hydrogen-bond donors (Lipinski definition) is 2. The minimum Gasteiger partial charge on any atom is -0.321 e. The fraction of sp³-hybridized carbons (Fsp3) is 0.0526. The van der Waals surface area contributed by atoms with Crippen molar-refractivity contribution in [2.45, 2.75) is 6.18 Å². The van der Waals surface area contributed by atoms with E-state index in [0.717, 1.165) is 12.1 Å². The number of amides is 2. The molecule has 0 bridgehead atoms. The smallest absolute Gasteiger partial charge is 0.321 e. The highest BCUT2D eigenvalue weighted by molar-refractivity contribution is 6.30. The lowest BCUT2D eigenvalue weighted by Gasteiger charge is -2.09. The van der Waals surface area contributed by atoms with Crippen LogP contribution in [0, 0.1) is 0 Å². The number of rotatable bonds is 2. The zero-order valence-electron chi connectivity index (χ0n) is 13.1. The van der Waals surface area contributed by atoms with E-state index in [4.69, 9.17) is 0 Å². The van der Waals surface area contributed by atoms with Gasteiger partial charge in [-0.1, -0.05) is 42.5 Å². The maximum absolute atomic E-state index is 12.7. The molecule has 2 N–H and O–H groups in total. The number of nitrogens with one attached hydrogen (secondary N) is 2. The molecule has 0 radical (unpaired) electrons. The van der Waals surface area contributed by atoms with E-state index in [1.54, 1.807) is 24.3 Å². The van der Waals surface area contributed by atoms with Crippen molar-refractivity contribution in [2.75, 3.05) is 0 Å². The van der Waals surface area contributed by atoms with E-state index in [-0.39, 0.29) is 16.8 Å². The van der Waals surface area contributed by atoms with Crippen molar-refractivity contribution in [2.24, 2.45) is 0 Å². The molecule has 0 spiro atoms. The van der Waals surface area contributed by atoms with Gasteiger partial charge in [-0.15, -0.1) is 0 Å². The second kappa shape index (κ2) is 5.59. The third-order valence-corrected chi connectivity index (χ3v) is 4.24. The second-order valence-electron chi connectivity index (χ2n) is 5.85. The number of carbonyl (C=O) groups excluding carboxylic acids is 2. The zero-order valence-corrected chi connectivity index (χ0v) is 13.1. The van der Waals surface area contributed by atoms with Gasteiger partial charge in [0.2, 0.25) is 0 Å². The molecule has 2 heterocycles. The van der Waals surface area contributed by atoms with Crippen LogP contribution in [0.25, 0.3) is 11.4 Å². The molecule has 26 heavy (non-hydrogen) atoms. The van der Waals surface area contributed by atoms with Gasteiger partial charge in [0.25, 0.3) is 11.8 Å². The van der Waals surface area contributed by atoms with Gasteiger partial charge in [0.15, 0.2) is 0 Å². The van der Waals surface area contributed by atoms with Crippen LogP contribution in [0.5, 0.6) is 0 Å². The molecule has 2 aliphatic rings. The zero-order chi connectivity index (χ0) is 18.5. The minimum absolute atomic E-state index is 0.147. The van der Waals surface area contributed by atoms with Crippen molar-refractivity contribution in [3.05, 3.63) is 82.4 Å². The summed E-state index contributed by atoms with van der Waals surface area (Å²) in [4.78, 5) is 24.8. The van der Waals surface area contributed by atoms with E-state index in [9.17, 15) is 22.8 Å². The van der Waals surface area contributed by atoms with Crippen LogP contribution in [0.1, 0.15) is 16.7 Å². The Kier molecular flexibility index (Phi) is 3.47. The lowest BCUT2D eigenvalue weighted by molar-refractivity contribution is -0.137. The molecule has 0 aromatic heterocycles. The largest absolute Gasteiger partial charge is 0.416 e. The van der Waals surface area contributed by atoms with Crippen molar-refractivity contribution in [3.63, 3.8) is 0 Å². The highest BCUT2D eigenvalue weighted by Crippen LogP contribution is 2.38. The SMILES string of the molecule is O=C1NC(c2ccc(C(F)(F)F)cc2)=C2C(=O)NC(c3ccccc3)=C12. The maximum atomic E-state index is 12.7. The summed E-state index contributed by atoms with van der Waals surface area (Å²) < 4.78 is 38.2. The predicted octanol–water partition coefficient (Wildman–Crippen LogP) is 3.09. The molecule has 2 aromatic rings. The first-order valence-electron chi connectivity index (χ1n) is 7.71. The average molecular weight is 356 g/mol. The highest BCUT2D eigenvalue weighted by atomic mass is 19.4. The molecule has 0 saturated heterocycles. The van der Waals surface area contributed by atoms with Gasteiger partial charge in [-0.2, -0.15) is 13.2 Å². The third kappa shape index (κ3) is 2.48. The van der Waals surface area contributed by atoms with Crippen LogP contribution >= 0.6 is 0 Å². The van der Waals surface area contributed by atoms with Crippen molar-refractivity contribution in [1.82, 2.24) is 10.6 Å². The quantitative estimate of drug-likeness (QED) is 0.869. The Morgan fingerprint density at radius 3 is 1.58 bits per heavy atom. The predicted molar refractivity (Wildman–Crippen MR) is 88.0 cm³/mol. The van der Waals surface area contributed by atoms with Crippen LogP contribution in [-0.4, -0.2) is 11.8 Å². The van der Waals surface area contributed by atoms with Crippen LogP contribution in [0.15, 0.2) is 65.7 Å². The molecule has 7 heteroatoms. The Morgan fingerprint density at radius 2 is 1.12 bits per heavy atom. The van der Waals surface area contributed by atoms with E-state index in [1.165, 1.54) is 12.1 Å². The molecule has 0 atom stereocenters. The highest BCUT2D eigenvalue weighted by Gasteiger charge is 2.41. The molecule has 0 fully saturated rings. The molecular weight excluding hydrogens is 345 g/mol. The Morgan fingerprint density at radius 1 is 0.654 bits per heavy atom. The first kappa shape index (κ1) is 16.1. The van der Waals surface area contributed by atoms with E-state index < -0.39 is 23.6 Å². The Hall–Kier alpha value is -3.35. The van der Waals surface area contributed by atoms with Crippen LogP contribution in [-0.2, 0) is 15.8 Å². The number of halogens is 3. The minimum atomic E-state index is -4.45. The first-order valence-corrected chi connectivity index (χ1v) is 7.71. The van der Waals surface area contributed by atoms with Crippen LogP contribution in [0.3, 0.4) is 0 Å². The third-order valence-electron chi connectivity index (χ3n) is 4.24. The summed E-state index contributed by atoms with van der Waals surface area (Å²) in [5, 5.41) is 5.28. The number of benzene rings is 2. The summed E-state index contributed by atoms with van der Waals surface area (Å²) in [6.45, 7) is 0. The van der Waals surface area contributed by atoms with Gasteiger partial charge in [-0.25, -0.2) is 0 Å². The van der Waals surface area contributed by atoms with Crippen molar-refractivity contribution in [3.8, 4) is 0 Å². The lowest BCUT2D eigenvalue weighted by atomic mass is 10.0. The van der Waals surface area contributed by atoms with Crippen LogP contribution in [0.2, 0.25) is 0 Å². The lowest BCUT2D eigenvalue weighted by Crippen LogP contribution is -2.21. The van der Waals surface area contributed by atoms with Crippen molar-refractivity contribution < 1.29 is 22.8 Å². The molecule has 4 rings (SSSR count). The molecule has 2 amide bonds. The van der Waals surface area contributed by atoms with Crippen LogP contribution < -0.4 is 10.6 Å². The fourth-order valence-corrected chi connectivity index (χ4v) is 3.04. The number of alkyl halides is 3. The average Bonchev–Trinajstić information content (AvgIpc) is 3.14. The summed E-state index contributed by atoms with van der Waals surface area (Å²) in [7, 11) is 0. The fourth-order valence-electron chi connectivity index (χ4n) is 3.04. The summed E-state index contributed by atoms with van der Waals surface area (Å²) >= 11 is 0. The second-order valence-corrected chi connectivity index (χ2v) is 5.85. The molecule has 2 aliphatic heterocycles. The standard InChI is InChI=1S/C19H11F3N2O2/c20-19(21,22)12-8-6-11(7-9-12)16-14-13(17(25)24-16)15(23-18(14)26)10-4-2-1-3-5-10/h1-9H,(H,23,26)(H,24,25). The Bertz CT molecular complexity index is 988. The van der Waals surface area contributed by atoms with Gasteiger partial charge in [-0.05, 0) is 23.3 Å². The molecule has 0 unspecified atom stereocenters. The number of hydrogen-bond acceptors (Lipinski definition) is 2. The van der Waals surface area contributed by atoms with E-state index in [0.29, 0.717) is 16.8 Å². The molecule has 0 saturated carbocycles. The summed E-state index contributed by atoms with van der Waals surface area (Å²) in [5.74, 6) is -0.931. The summed E-state index contributed by atoms with van der Waals surface area (Å²) in [5.41, 5.74) is 1.17. The molecule has 2 aromatic carbocycles. The maximum Gasteiger partial charge on any atom is 0.416 e. The van der Waals surface area contributed by atoms with Gasteiger partial charge in [0, 0.05) is 0 Å². The van der Waals surface area contributed by atoms with Crippen molar-refractivity contribution >= 4 is 23.2 Å².